The molecule has 0 radical (unpaired) electrons. The number of rotatable bonds is 6. The molecule has 10 heteroatoms. The molecule has 3 N–H and O–H groups in total. The number of nitrogens with zero attached hydrogens (tertiary/aromatic N) is 2. The van der Waals surface area contributed by atoms with Crippen molar-refractivity contribution in [3.63, 3.8) is 0 Å². The first-order chi connectivity index (χ1) is 19.3. The number of amides is 2. The van der Waals surface area contributed by atoms with Crippen LogP contribution < -0.4 is 5.32 Å². The first-order valence-electron chi connectivity index (χ1n) is 13.4. The van der Waals surface area contributed by atoms with E-state index in [2.05, 4.69) is 15.2 Å². The number of aliphatic hydroxyl groups is 1. The average Bonchev–Trinajstić information content (AvgIpc) is 3.42. The summed E-state index contributed by atoms with van der Waals surface area (Å²) < 4.78 is 34.8. The molecule has 0 spiro atoms. The van der Waals surface area contributed by atoms with Gasteiger partial charge in [0.25, 0.3) is 11.8 Å². The smallest absolute Gasteiger partial charge is 0.256 e. The van der Waals surface area contributed by atoms with Crippen molar-refractivity contribution in [2.45, 2.75) is 19.4 Å². The van der Waals surface area contributed by atoms with Gasteiger partial charge in [0.15, 0.2) is 0 Å². The Morgan fingerprint density at radius 1 is 1.00 bits per heavy atom. The number of β-amino-alcohol motifs (C(OH)–C–C–N with tert-alkyl or cyclic N) is 1. The summed E-state index contributed by atoms with van der Waals surface area (Å²) in [5.74, 6) is -2.02. The maximum Gasteiger partial charge on any atom is 0.256 e. The number of aromatic amines is 1. The second-order valence-electron chi connectivity index (χ2n) is 10.4. The summed E-state index contributed by atoms with van der Waals surface area (Å²) >= 11 is 0. The number of halogens is 2. The summed E-state index contributed by atoms with van der Waals surface area (Å²) in [7, 11) is 0. The van der Waals surface area contributed by atoms with Crippen molar-refractivity contribution < 1.29 is 28.2 Å². The number of ether oxygens (including phenoxy) is 1. The minimum absolute atomic E-state index is 0.175. The van der Waals surface area contributed by atoms with Gasteiger partial charge < -0.3 is 25.0 Å². The Labute approximate surface area is 230 Å². The molecule has 8 nitrogen and oxygen atoms in total. The van der Waals surface area contributed by atoms with Crippen molar-refractivity contribution in [3.8, 4) is 11.1 Å². The molecule has 3 aliphatic rings. The highest BCUT2D eigenvalue weighted by atomic mass is 19.1. The van der Waals surface area contributed by atoms with Gasteiger partial charge in [-0.15, -0.1) is 0 Å². The van der Waals surface area contributed by atoms with E-state index in [1.165, 1.54) is 18.2 Å². The van der Waals surface area contributed by atoms with Gasteiger partial charge in [0.2, 0.25) is 0 Å². The van der Waals surface area contributed by atoms with Crippen LogP contribution in [-0.4, -0.2) is 83.7 Å². The first-order valence-corrected chi connectivity index (χ1v) is 13.4. The second-order valence-corrected chi connectivity index (χ2v) is 10.4. The molecule has 0 aliphatic carbocycles. The average molecular weight is 549 g/mol. The summed E-state index contributed by atoms with van der Waals surface area (Å²) in [6.45, 7) is 5.76. The van der Waals surface area contributed by atoms with Gasteiger partial charge in [-0.05, 0) is 42.3 Å². The van der Waals surface area contributed by atoms with Crippen LogP contribution in [0.2, 0.25) is 0 Å². The maximum atomic E-state index is 14.7. The van der Waals surface area contributed by atoms with Gasteiger partial charge >= 0.3 is 0 Å². The van der Waals surface area contributed by atoms with Gasteiger partial charge in [-0.25, -0.2) is 8.78 Å². The van der Waals surface area contributed by atoms with Crippen molar-refractivity contribution in [2.24, 2.45) is 0 Å². The summed E-state index contributed by atoms with van der Waals surface area (Å²) in [6, 6.07) is 8.58. The van der Waals surface area contributed by atoms with E-state index in [0.29, 0.717) is 60.8 Å². The summed E-state index contributed by atoms with van der Waals surface area (Å²) in [6.07, 6.45) is 1.53. The van der Waals surface area contributed by atoms with Crippen LogP contribution in [0.3, 0.4) is 0 Å². The molecule has 40 heavy (non-hydrogen) atoms. The highest BCUT2D eigenvalue weighted by Crippen LogP contribution is 2.42. The fraction of sp³-hybridized carbons (Fsp3) is 0.333. The molecule has 208 valence electrons. The topological polar surface area (TPSA) is 97.9 Å². The quantitative estimate of drug-likeness (QED) is 0.410. The van der Waals surface area contributed by atoms with Crippen LogP contribution in [0, 0.1) is 18.6 Å². The highest BCUT2D eigenvalue weighted by molar-refractivity contribution is 6.36. The zero-order valence-electron chi connectivity index (χ0n) is 22.1. The third kappa shape index (κ3) is 4.72. The first kappa shape index (κ1) is 26.4. The molecule has 0 saturated carbocycles. The number of hydrogen-bond donors (Lipinski definition) is 3. The highest BCUT2D eigenvalue weighted by Gasteiger charge is 2.33. The SMILES string of the molecule is Cc1c(/C=C2\C(=O)Nc3cccc(-c4c(F)cccc4F)c32)[nH]c2c1C(=O)N(C[C@@H](O)CN1CCOCC1)CC2. The van der Waals surface area contributed by atoms with E-state index < -0.39 is 23.6 Å². The molecule has 1 saturated heterocycles. The Kier molecular flexibility index (Phi) is 6.99. The lowest BCUT2D eigenvalue weighted by Gasteiger charge is -2.32. The normalized spacial score (nSPS) is 19.1. The Bertz CT molecular complexity index is 1510. The van der Waals surface area contributed by atoms with Gasteiger partial charge in [-0.2, -0.15) is 0 Å². The van der Waals surface area contributed by atoms with Crippen LogP contribution in [-0.2, 0) is 16.0 Å². The van der Waals surface area contributed by atoms with Crippen LogP contribution in [0.5, 0.6) is 0 Å². The fourth-order valence-electron chi connectivity index (χ4n) is 5.87. The molecular weight excluding hydrogens is 518 g/mol. The molecule has 0 unspecified atom stereocenters. The fourth-order valence-corrected chi connectivity index (χ4v) is 5.87. The summed E-state index contributed by atoms with van der Waals surface area (Å²) in [4.78, 5) is 33.6. The number of benzene rings is 2. The van der Waals surface area contributed by atoms with E-state index in [0.717, 1.165) is 18.8 Å². The van der Waals surface area contributed by atoms with Crippen molar-refractivity contribution in [3.05, 3.63) is 76.1 Å². The molecular formula is C30H30F2N4O4. The third-order valence-corrected chi connectivity index (χ3v) is 7.85. The molecule has 1 atom stereocenters. The van der Waals surface area contributed by atoms with E-state index in [4.69, 9.17) is 4.74 Å². The standard InChI is InChI=1S/C30H30F2N4O4/c1-17-25(33-24-8-9-36(30(39)26(17)24)16-18(37)15-35-10-12-40-13-11-35)14-20-27-19(4-2-7-23(27)34-29(20)38)28-21(31)5-3-6-22(28)32/h2-7,14,18,33,37H,8-13,15-16H2,1H3,(H,34,38)/b20-14-/t18-/m0/s1. The zero-order chi connectivity index (χ0) is 28.0. The number of morpholine rings is 1. The maximum absolute atomic E-state index is 14.7. The van der Waals surface area contributed by atoms with Crippen molar-refractivity contribution in [2.75, 3.05) is 51.3 Å². The number of aromatic nitrogens is 1. The van der Waals surface area contributed by atoms with E-state index in [1.807, 2.05) is 6.92 Å². The molecule has 1 aromatic heterocycles. The Balaban J connectivity index is 1.30. The Morgan fingerprint density at radius 2 is 1.73 bits per heavy atom. The van der Waals surface area contributed by atoms with Gasteiger partial charge in [0, 0.05) is 61.8 Å². The molecule has 2 aromatic carbocycles. The van der Waals surface area contributed by atoms with Gasteiger partial charge in [0.1, 0.15) is 11.6 Å². The Hall–Kier alpha value is -3.86. The van der Waals surface area contributed by atoms with Crippen molar-refractivity contribution >= 4 is 29.2 Å². The van der Waals surface area contributed by atoms with Crippen LogP contribution in [0.15, 0.2) is 36.4 Å². The number of anilines is 1. The minimum atomic E-state index is -0.722. The van der Waals surface area contributed by atoms with Crippen LogP contribution >= 0.6 is 0 Å². The van der Waals surface area contributed by atoms with E-state index in [9.17, 15) is 23.5 Å². The third-order valence-electron chi connectivity index (χ3n) is 7.85. The van der Waals surface area contributed by atoms with Crippen molar-refractivity contribution in [1.29, 1.82) is 0 Å². The van der Waals surface area contributed by atoms with E-state index in [1.54, 1.807) is 29.2 Å². The minimum Gasteiger partial charge on any atom is -0.390 e. The molecule has 3 aliphatic heterocycles. The lowest BCUT2D eigenvalue weighted by Crippen LogP contribution is -2.47. The number of aliphatic hydroxyl groups excluding tert-OH is 1. The summed E-state index contributed by atoms with van der Waals surface area (Å²) in [5, 5.41) is 13.5. The van der Waals surface area contributed by atoms with E-state index in [-0.39, 0.29) is 29.2 Å². The van der Waals surface area contributed by atoms with Gasteiger partial charge in [-0.3, -0.25) is 14.5 Å². The lowest BCUT2D eigenvalue weighted by atomic mass is 9.93. The number of H-pyrrole nitrogens is 1. The van der Waals surface area contributed by atoms with Crippen molar-refractivity contribution in [1.82, 2.24) is 14.8 Å². The number of carbonyl (C=O) groups excluding carboxylic acids is 2. The Morgan fingerprint density at radius 3 is 2.48 bits per heavy atom. The predicted molar refractivity (Wildman–Crippen MR) is 147 cm³/mol. The lowest BCUT2D eigenvalue weighted by molar-refractivity contribution is -0.110. The number of hydrogen-bond acceptors (Lipinski definition) is 5. The second kappa shape index (κ2) is 10.6. The van der Waals surface area contributed by atoms with Crippen LogP contribution in [0.25, 0.3) is 22.8 Å². The molecule has 4 heterocycles. The van der Waals surface area contributed by atoms with Gasteiger partial charge in [-0.1, -0.05) is 18.2 Å². The zero-order valence-corrected chi connectivity index (χ0v) is 22.1. The molecule has 2 amide bonds. The number of carbonyl (C=O) groups is 2. The number of nitrogens with one attached hydrogen (secondary N) is 2. The van der Waals surface area contributed by atoms with Crippen LogP contribution in [0.1, 0.15) is 32.9 Å². The largest absolute Gasteiger partial charge is 0.390 e. The monoisotopic (exact) mass is 548 g/mol. The molecule has 1 fully saturated rings. The molecule has 3 aromatic rings. The van der Waals surface area contributed by atoms with E-state index >= 15 is 0 Å². The molecule has 0 bridgehead atoms. The predicted octanol–water partition coefficient (Wildman–Crippen LogP) is 3.45. The van der Waals surface area contributed by atoms with Crippen LogP contribution in [0.4, 0.5) is 14.5 Å². The van der Waals surface area contributed by atoms with Gasteiger partial charge in [0.05, 0.1) is 36.0 Å². The molecule has 6 rings (SSSR count). The summed E-state index contributed by atoms with van der Waals surface area (Å²) in [5.41, 5.74) is 3.73. The number of fused-ring (bicyclic) bond motifs is 2.